The largest absolute Gasteiger partial charge is 0.479 e. The van der Waals surface area contributed by atoms with Gasteiger partial charge in [-0.25, -0.2) is 4.79 Å². The molecule has 4 nitrogen and oxygen atoms in total. The highest BCUT2D eigenvalue weighted by molar-refractivity contribution is 5.72. The molecule has 1 atom stereocenters. The first-order valence-corrected chi connectivity index (χ1v) is 12.2. The van der Waals surface area contributed by atoms with E-state index in [1.54, 1.807) is 0 Å². The number of allylic oxidation sites excluding steroid dienone is 2. The Morgan fingerprint density at radius 2 is 1.34 bits per heavy atom. The number of unbranched alkanes of at least 4 members (excludes halogenated alkanes) is 12. The number of hydrogen-bond donors (Lipinski definition) is 1. The van der Waals surface area contributed by atoms with Crippen molar-refractivity contribution in [2.45, 2.75) is 116 Å². The van der Waals surface area contributed by atoms with Crippen LogP contribution in [0.2, 0.25) is 0 Å². The van der Waals surface area contributed by atoms with Gasteiger partial charge in [-0.15, -0.1) is 0 Å². The van der Waals surface area contributed by atoms with Gasteiger partial charge in [0.15, 0.2) is 6.10 Å². The Balaban J connectivity index is 3.39. The summed E-state index contributed by atoms with van der Waals surface area (Å²) >= 11 is 0. The van der Waals surface area contributed by atoms with Gasteiger partial charge >= 0.3 is 5.97 Å². The Bertz CT molecular complexity index is 382. The van der Waals surface area contributed by atoms with Crippen LogP contribution in [0.4, 0.5) is 0 Å². The predicted molar refractivity (Wildman–Crippen MR) is 125 cm³/mol. The zero-order chi connectivity index (χ0) is 21.6. The molecule has 0 aliphatic rings. The van der Waals surface area contributed by atoms with E-state index in [4.69, 9.17) is 4.74 Å². The van der Waals surface area contributed by atoms with E-state index in [1.165, 1.54) is 77.0 Å². The fourth-order valence-corrected chi connectivity index (χ4v) is 3.45. The average Bonchev–Trinajstić information content (AvgIpc) is 2.68. The summed E-state index contributed by atoms with van der Waals surface area (Å²) in [5, 5.41) is 9.23. The minimum atomic E-state index is -0.826. The van der Waals surface area contributed by atoms with Crippen molar-refractivity contribution in [2.24, 2.45) is 0 Å². The van der Waals surface area contributed by atoms with E-state index >= 15 is 0 Å². The van der Waals surface area contributed by atoms with Crippen LogP contribution in [-0.4, -0.2) is 49.3 Å². The first-order valence-electron chi connectivity index (χ1n) is 12.2. The lowest BCUT2D eigenvalue weighted by molar-refractivity contribution is -0.151. The van der Waals surface area contributed by atoms with Crippen LogP contribution in [0.5, 0.6) is 0 Å². The molecule has 0 rings (SSSR count). The molecule has 0 saturated heterocycles. The number of ether oxygens (including phenoxy) is 1. The highest BCUT2D eigenvalue weighted by Crippen LogP contribution is 2.11. The Hall–Kier alpha value is -0.870. The summed E-state index contributed by atoms with van der Waals surface area (Å²) in [6.45, 7) is 3.74. The van der Waals surface area contributed by atoms with Crippen LogP contribution in [0.15, 0.2) is 12.2 Å². The number of hydrogen-bond acceptors (Lipinski definition) is 3. The highest BCUT2D eigenvalue weighted by atomic mass is 16.5. The molecular weight excluding hydrogens is 362 g/mol. The lowest BCUT2D eigenvalue weighted by Crippen LogP contribution is -2.26. The molecule has 0 saturated carbocycles. The third kappa shape index (κ3) is 21.7. The summed E-state index contributed by atoms with van der Waals surface area (Å²) in [6.07, 6.45) is 23.5. The first kappa shape index (κ1) is 28.1. The zero-order valence-corrected chi connectivity index (χ0v) is 19.7. The summed E-state index contributed by atoms with van der Waals surface area (Å²) in [6, 6.07) is 0. The van der Waals surface area contributed by atoms with Crippen molar-refractivity contribution in [3.63, 3.8) is 0 Å². The van der Waals surface area contributed by atoms with Crippen molar-refractivity contribution in [3.8, 4) is 0 Å². The quantitative estimate of drug-likeness (QED) is 0.157. The molecule has 0 aliphatic heterocycles. The number of aliphatic carboxylic acids is 1. The Morgan fingerprint density at radius 1 is 0.828 bits per heavy atom. The van der Waals surface area contributed by atoms with Crippen molar-refractivity contribution in [1.82, 2.24) is 4.90 Å². The highest BCUT2D eigenvalue weighted by Gasteiger charge is 2.17. The summed E-state index contributed by atoms with van der Waals surface area (Å²) in [5.41, 5.74) is 0. The molecule has 0 fully saturated rings. The maximum atomic E-state index is 11.2. The fourth-order valence-electron chi connectivity index (χ4n) is 3.45. The molecule has 0 radical (unpaired) electrons. The molecule has 172 valence electrons. The van der Waals surface area contributed by atoms with E-state index in [-0.39, 0.29) is 0 Å². The van der Waals surface area contributed by atoms with Crippen molar-refractivity contribution < 1.29 is 14.6 Å². The topological polar surface area (TPSA) is 49.8 Å². The molecule has 1 N–H and O–H groups in total. The van der Waals surface area contributed by atoms with Crippen LogP contribution < -0.4 is 0 Å². The smallest absolute Gasteiger partial charge is 0.332 e. The summed E-state index contributed by atoms with van der Waals surface area (Å²) < 4.78 is 5.58. The second kappa shape index (κ2) is 21.8. The molecule has 0 bridgehead atoms. The Labute approximate surface area is 181 Å². The molecule has 0 aromatic carbocycles. The van der Waals surface area contributed by atoms with E-state index in [0.717, 1.165) is 25.8 Å². The standard InChI is InChI=1S/C25H49NO3/c1-4-5-6-7-8-9-10-11-12-13-14-15-16-17-18-19-23-29-24(25(27)28)21-20-22-26(2)3/h11-12,24H,4-10,13-23H2,1-3H3,(H,27,28)/b12-11-. The van der Waals surface area contributed by atoms with E-state index in [2.05, 4.69) is 24.0 Å². The zero-order valence-electron chi connectivity index (χ0n) is 19.7. The molecule has 29 heavy (non-hydrogen) atoms. The number of carboxylic acids is 1. The fraction of sp³-hybridized carbons (Fsp3) is 0.880. The summed E-state index contributed by atoms with van der Waals surface area (Å²) in [5.74, 6) is -0.826. The predicted octanol–water partition coefficient (Wildman–Crippen LogP) is 6.84. The molecule has 4 heteroatoms. The second-order valence-electron chi connectivity index (χ2n) is 8.58. The first-order chi connectivity index (χ1) is 14.1. The summed E-state index contributed by atoms with van der Waals surface area (Å²) in [4.78, 5) is 13.3. The average molecular weight is 412 g/mol. The van der Waals surface area contributed by atoms with Gasteiger partial charge in [0, 0.05) is 6.61 Å². The van der Waals surface area contributed by atoms with E-state index in [1.807, 2.05) is 14.1 Å². The van der Waals surface area contributed by atoms with Crippen LogP contribution in [0.25, 0.3) is 0 Å². The van der Waals surface area contributed by atoms with Crippen LogP contribution in [0.3, 0.4) is 0 Å². The van der Waals surface area contributed by atoms with Crippen molar-refractivity contribution in [2.75, 3.05) is 27.2 Å². The molecule has 0 amide bonds. The van der Waals surface area contributed by atoms with E-state index < -0.39 is 12.1 Å². The van der Waals surface area contributed by atoms with Gasteiger partial charge in [-0.3, -0.25) is 0 Å². The maximum absolute atomic E-state index is 11.2. The molecule has 0 aromatic rings. The van der Waals surface area contributed by atoms with Gasteiger partial charge in [0.1, 0.15) is 0 Å². The summed E-state index contributed by atoms with van der Waals surface area (Å²) in [7, 11) is 4.01. The molecular formula is C25H49NO3. The Kier molecular flexibility index (Phi) is 21.2. The van der Waals surface area contributed by atoms with Gasteiger partial charge in [-0.1, -0.05) is 76.9 Å². The maximum Gasteiger partial charge on any atom is 0.332 e. The van der Waals surface area contributed by atoms with Gasteiger partial charge in [0.2, 0.25) is 0 Å². The van der Waals surface area contributed by atoms with Gasteiger partial charge in [0.05, 0.1) is 0 Å². The van der Waals surface area contributed by atoms with Gasteiger partial charge in [0.25, 0.3) is 0 Å². The monoisotopic (exact) mass is 411 g/mol. The number of carbonyl (C=O) groups is 1. The van der Waals surface area contributed by atoms with E-state index in [9.17, 15) is 9.90 Å². The van der Waals surface area contributed by atoms with Crippen molar-refractivity contribution in [3.05, 3.63) is 12.2 Å². The van der Waals surface area contributed by atoms with Crippen LogP contribution >= 0.6 is 0 Å². The molecule has 0 aliphatic carbocycles. The van der Waals surface area contributed by atoms with Gasteiger partial charge in [-0.2, -0.15) is 0 Å². The second-order valence-corrected chi connectivity index (χ2v) is 8.58. The third-order valence-corrected chi connectivity index (χ3v) is 5.32. The van der Waals surface area contributed by atoms with E-state index in [0.29, 0.717) is 13.0 Å². The van der Waals surface area contributed by atoms with Crippen LogP contribution in [-0.2, 0) is 9.53 Å². The van der Waals surface area contributed by atoms with Crippen molar-refractivity contribution in [1.29, 1.82) is 0 Å². The number of carboxylic acid groups (broad SMARTS) is 1. The normalized spacial score (nSPS) is 12.8. The third-order valence-electron chi connectivity index (χ3n) is 5.32. The minimum Gasteiger partial charge on any atom is -0.479 e. The molecule has 1 unspecified atom stereocenters. The van der Waals surface area contributed by atoms with Crippen molar-refractivity contribution >= 4 is 5.97 Å². The number of rotatable bonds is 22. The lowest BCUT2D eigenvalue weighted by atomic mass is 10.1. The van der Waals surface area contributed by atoms with Gasteiger partial charge < -0.3 is 14.7 Å². The lowest BCUT2D eigenvalue weighted by Gasteiger charge is -2.15. The SMILES string of the molecule is CCCCCCCC/C=C\CCCCCCCCOC(CCCN(C)C)C(=O)O. The van der Waals surface area contributed by atoms with Crippen LogP contribution in [0, 0.1) is 0 Å². The number of nitrogens with zero attached hydrogens (tertiary/aromatic N) is 1. The van der Waals surface area contributed by atoms with Crippen LogP contribution in [0.1, 0.15) is 110 Å². The molecule has 0 heterocycles. The van der Waals surface area contributed by atoms with Gasteiger partial charge in [-0.05, 0) is 65.6 Å². The molecule has 0 aromatic heterocycles. The Morgan fingerprint density at radius 3 is 1.86 bits per heavy atom. The molecule has 0 spiro atoms. The minimum absolute atomic E-state index is 0.570.